The van der Waals surface area contributed by atoms with Crippen LogP contribution in [0, 0.1) is 6.92 Å². The molecule has 2 rings (SSSR count). The van der Waals surface area contributed by atoms with Crippen LogP contribution in [-0.4, -0.2) is 33.1 Å². The van der Waals surface area contributed by atoms with Crippen molar-refractivity contribution in [2.45, 2.75) is 32.4 Å². The summed E-state index contributed by atoms with van der Waals surface area (Å²) in [5, 5.41) is 3.34. The van der Waals surface area contributed by atoms with Crippen molar-refractivity contribution in [1.82, 2.24) is 5.32 Å². The van der Waals surface area contributed by atoms with Gasteiger partial charge in [-0.25, -0.2) is 8.42 Å². The number of methoxy groups -OCH3 is 1. The molecule has 1 N–H and O–H groups in total. The summed E-state index contributed by atoms with van der Waals surface area (Å²) in [5.41, 5.74) is 2.25. The molecule has 1 aromatic rings. The van der Waals surface area contributed by atoms with E-state index in [1.807, 2.05) is 19.1 Å². The van der Waals surface area contributed by atoms with Gasteiger partial charge < -0.3 is 10.1 Å². The van der Waals surface area contributed by atoms with E-state index in [-0.39, 0.29) is 11.8 Å². The van der Waals surface area contributed by atoms with E-state index in [2.05, 4.69) is 11.4 Å². The van der Waals surface area contributed by atoms with Crippen molar-refractivity contribution < 1.29 is 13.2 Å². The molecule has 1 fully saturated rings. The Bertz CT molecular complexity index is 540. The third-order valence-electron chi connectivity index (χ3n) is 3.48. The normalized spacial score (nSPS) is 22.1. The molecule has 0 bridgehead atoms. The molecular formula is C14H21NO3S. The van der Waals surface area contributed by atoms with Crippen LogP contribution < -0.4 is 10.1 Å². The fourth-order valence-electron chi connectivity index (χ4n) is 2.48. The lowest BCUT2D eigenvalue weighted by molar-refractivity contribution is 0.403. The molecule has 19 heavy (non-hydrogen) atoms. The first kappa shape index (κ1) is 14.3. The minimum Gasteiger partial charge on any atom is -0.496 e. The minimum atomic E-state index is -2.85. The Morgan fingerprint density at radius 2 is 2.21 bits per heavy atom. The Labute approximate surface area is 115 Å². The van der Waals surface area contributed by atoms with Gasteiger partial charge in [-0.05, 0) is 25.8 Å². The smallest absolute Gasteiger partial charge is 0.151 e. The number of nitrogens with one attached hydrogen (secondary N) is 1. The highest BCUT2D eigenvalue weighted by Gasteiger charge is 2.24. The maximum atomic E-state index is 11.6. The number of aryl methyl sites for hydroxylation is 1. The molecule has 1 heterocycles. The molecule has 1 unspecified atom stereocenters. The van der Waals surface area contributed by atoms with Crippen molar-refractivity contribution in [3.8, 4) is 5.75 Å². The van der Waals surface area contributed by atoms with Gasteiger partial charge in [0.15, 0.2) is 9.84 Å². The number of hydrogen-bond donors (Lipinski definition) is 1. The number of ether oxygens (including phenoxy) is 1. The van der Waals surface area contributed by atoms with E-state index >= 15 is 0 Å². The Hall–Kier alpha value is -1.07. The predicted octanol–water partition coefficient (Wildman–Crippen LogP) is 1.67. The van der Waals surface area contributed by atoms with E-state index in [0.717, 1.165) is 24.2 Å². The highest BCUT2D eigenvalue weighted by molar-refractivity contribution is 7.91. The summed E-state index contributed by atoms with van der Waals surface area (Å²) in [6, 6.07) is 6.09. The van der Waals surface area contributed by atoms with Gasteiger partial charge >= 0.3 is 0 Å². The van der Waals surface area contributed by atoms with Crippen molar-refractivity contribution in [1.29, 1.82) is 0 Å². The van der Waals surface area contributed by atoms with Crippen LogP contribution in [0.2, 0.25) is 0 Å². The van der Waals surface area contributed by atoms with Gasteiger partial charge in [-0.15, -0.1) is 0 Å². The first-order chi connectivity index (χ1) is 9.00. The first-order valence-corrected chi connectivity index (χ1v) is 8.39. The lowest BCUT2D eigenvalue weighted by Gasteiger charge is -2.23. The zero-order valence-corrected chi connectivity index (χ0v) is 12.3. The quantitative estimate of drug-likeness (QED) is 0.913. The number of rotatable bonds is 4. The van der Waals surface area contributed by atoms with Gasteiger partial charge in [-0.3, -0.25) is 0 Å². The van der Waals surface area contributed by atoms with Crippen LogP contribution in [0.4, 0.5) is 0 Å². The second-order valence-corrected chi connectivity index (χ2v) is 7.38. The molecule has 0 aliphatic carbocycles. The molecule has 4 nitrogen and oxygen atoms in total. The lowest BCUT2D eigenvalue weighted by Crippen LogP contribution is -2.39. The van der Waals surface area contributed by atoms with Gasteiger partial charge in [-0.2, -0.15) is 0 Å². The molecule has 106 valence electrons. The van der Waals surface area contributed by atoms with Gasteiger partial charge in [0.25, 0.3) is 0 Å². The van der Waals surface area contributed by atoms with Crippen molar-refractivity contribution in [3.63, 3.8) is 0 Å². The van der Waals surface area contributed by atoms with Gasteiger partial charge in [0.1, 0.15) is 5.75 Å². The predicted molar refractivity (Wildman–Crippen MR) is 76.2 cm³/mol. The van der Waals surface area contributed by atoms with Gasteiger partial charge in [0, 0.05) is 18.2 Å². The van der Waals surface area contributed by atoms with Crippen molar-refractivity contribution in [2.75, 3.05) is 18.6 Å². The zero-order chi connectivity index (χ0) is 13.9. The molecule has 1 atom stereocenters. The van der Waals surface area contributed by atoms with Crippen molar-refractivity contribution >= 4 is 9.84 Å². The highest BCUT2D eigenvalue weighted by atomic mass is 32.2. The molecule has 1 aliphatic heterocycles. The summed E-state index contributed by atoms with van der Waals surface area (Å²) < 4.78 is 28.5. The fraction of sp³-hybridized carbons (Fsp3) is 0.571. The molecule has 1 saturated heterocycles. The molecule has 0 aromatic heterocycles. The van der Waals surface area contributed by atoms with E-state index in [1.54, 1.807) is 7.11 Å². The van der Waals surface area contributed by atoms with E-state index in [0.29, 0.717) is 12.3 Å². The van der Waals surface area contributed by atoms with Crippen LogP contribution in [0.5, 0.6) is 5.75 Å². The molecule has 0 spiro atoms. The van der Waals surface area contributed by atoms with Gasteiger partial charge in [0.2, 0.25) is 0 Å². The van der Waals surface area contributed by atoms with E-state index in [9.17, 15) is 8.42 Å². The van der Waals surface area contributed by atoms with Crippen LogP contribution >= 0.6 is 0 Å². The summed E-state index contributed by atoms with van der Waals surface area (Å²) in [7, 11) is -1.20. The first-order valence-electron chi connectivity index (χ1n) is 6.57. The third-order valence-corrected chi connectivity index (χ3v) is 5.30. The van der Waals surface area contributed by atoms with Crippen LogP contribution in [-0.2, 0) is 16.4 Å². The zero-order valence-electron chi connectivity index (χ0n) is 11.5. The molecule has 0 saturated carbocycles. The average molecular weight is 283 g/mol. The van der Waals surface area contributed by atoms with Crippen molar-refractivity contribution in [2.24, 2.45) is 0 Å². The van der Waals surface area contributed by atoms with Crippen LogP contribution in [0.15, 0.2) is 18.2 Å². The maximum absolute atomic E-state index is 11.6. The minimum absolute atomic E-state index is 0.0592. The molecule has 0 amide bonds. The Kier molecular flexibility index (Phi) is 4.47. The number of benzene rings is 1. The van der Waals surface area contributed by atoms with E-state index < -0.39 is 9.84 Å². The summed E-state index contributed by atoms with van der Waals surface area (Å²) >= 11 is 0. The monoisotopic (exact) mass is 283 g/mol. The van der Waals surface area contributed by atoms with E-state index in [4.69, 9.17) is 4.74 Å². The van der Waals surface area contributed by atoms with Gasteiger partial charge in [-0.1, -0.05) is 17.7 Å². The standard InChI is InChI=1S/C14H21NO3S/c1-11-5-6-14(18-2)12(8-11)9-15-13-4-3-7-19(16,17)10-13/h5-6,8,13,15H,3-4,7,9-10H2,1-2H3. The van der Waals surface area contributed by atoms with Crippen molar-refractivity contribution in [3.05, 3.63) is 29.3 Å². The summed E-state index contributed by atoms with van der Waals surface area (Å²) in [6.45, 7) is 2.68. The van der Waals surface area contributed by atoms with Gasteiger partial charge in [0.05, 0.1) is 18.6 Å². The molecule has 1 aromatic carbocycles. The number of sulfone groups is 1. The number of hydrogen-bond acceptors (Lipinski definition) is 4. The maximum Gasteiger partial charge on any atom is 0.151 e. The molecule has 5 heteroatoms. The summed E-state index contributed by atoms with van der Waals surface area (Å²) in [6.07, 6.45) is 1.68. The molecular weight excluding hydrogens is 262 g/mol. The average Bonchev–Trinajstić information content (AvgIpc) is 2.35. The fourth-order valence-corrected chi connectivity index (χ4v) is 4.15. The Morgan fingerprint density at radius 3 is 2.89 bits per heavy atom. The van der Waals surface area contributed by atoms with E-state index in [1.165, 1.54) is 5.56 Å². The Balaban J connectivity index is 2.00. The summed E-state index contributed by atoms with van der Waals surface area (Å²) in [4.78, 5) is 0. The molecule has 0 radical (unpaired) electrons. The third kappa shape index (κ3) is 3.94. The lowest BCUT2D eigenvalue weighted by atomic mass is 10.1. The second-order valence-electron chi connectivity index (χ2n) is 5.15. The SMILES string of the molecule is COc1ccc(C)cc1CNC1CCCS(=O)(=O)C1. The molecule has 1 aliphatic rings. The topological polar surface area (TPSA) is 55.4 Å². The van der Waals surface area contributed by atoms with Crippen LogP contribution in [0.3, 0.4) is 0 Å². The second kappa shape index (κ2) is 5.92. The summed E-state index contributed by atoms with van der Waals surface area (Å²) in [5.74, 6) is 1.43. The van der Waals surface area contributed by atoms with Crippen LogP contribution in [0.1, 0.15) is 24.0 Å². The van der Waals surface area contributed by atoms with Crippen LogP contribution in [0.25, 0.3) is 0 Å². The Morgan fingerprint density at radius 1 is 1.42 bits per heavy atom. The largest absolute Gasteiger partial charge is 0.496 e. The highest BCUT2D eigenvalue weighted by Crippen LogP contribution is 2.20.